The van der Waals surface area contributed by atoms with Gasteiger partial charge in [-0.3, -0.25) is 0 Å². The maximum Gasteiger partial charge on any atom is 0.420 e. The van der Waals surface area contributed by atoms with Crippen LogP contribution in [0, 0.1) is 11.3 Å². The standard InChI is InChI=1S/C15H10F3NO2/c16-15(17,18)13-7-11(8-19)3-6-14(13)21-12-4-1-10(9-20)2-5-12/h1-7,20H,9H2. The molecule has 0 spiro atoms. The Hall–Kier alpha value is -2.52. The SMILES string of the molecule is N#Cc1ccc(Oc2ccc(CO)cc2)c(C(F)(F)F)c1. The molecule has 2 rings (SSSR count). The number of rotatable bonds is 3. The van der Waals surface area contributed by atoms with Crippen molar-refractivity contribution < 1.29 is 23.0 Å². The summed E-state index contributed by atoms with van der Waals surface area (Å²) in [5.41, 5.74) is -0.476. The minimum Gasteiger partial charge on any atom is -0.457 e. The van der Waals surface area contributed by atoms with Crippen LogP contribution >= 0.6 is 0 Å². The summed E-state index contributed by atoms with van der Waals surface area (Å²) in [7, 11) is 0. The highest BCUT2D eigenvalue weighted by atomic mass is 19.4. The molecule has 0 aromatic heterocycles. The van der Waals surface area contributed by atoms with Gasteiger partial charge in [-0.15, -0.1) is 0 Å². The maximum atomic E-state index is 13.0. The molecule has 3 nitrogen and oxygen atoms in total. The highest BCUT2D eigenvalue weighted by Crippen LogP contribution is 2.38. The van der Waals surface area contributed by atoms with Crippen LogP contribution < -0.4 is 4.74 Å². The fraction of sp³-hybridized carbons (Fsp3) is 0.133. The molecule has 0 bridgehead atoms. The van der Waals surface area contributed by atoms with Crippen molar-refractivity contribution in [3.63, 3.8) is 0 Å². The van der Waals surface area contributed by atoms with E-state index in [1.165, 1.54) is 18.2 Å². The van der Waals surface area contributed by atoms with Gasteiger partial charge in [0.15, 0.2) is 0 Å². The predicted molar refractivity (Wildman–Crippen MR) is 68.6 cm³/mol. The van der Waals surface area contributed by atoms with Gasteiger partial charge in [-0.1, -0.05) is 12.1 Å². The fourth-order valence-corrected chi connectivity index (χ4v) is 1.70. The number of hydrogen-bond donors (Lipinski definition) is 1. The Balaban J connectivity index is 2.36. The van der Waals surface area contributed by atoms with E-state index >= 15 is 0 Å². The first kappa shape index (κ1) is 14.9. The summed E-state index contributed by atoms with van der Waals surface area (Å²) in [6, 6.07) is 10.8. The van der Waals surface area contributed by atoms with Crippen LogP contribution in [-0.4, -0.2) is 5.11 Å². The number of nitriles is 1. The summed E-state index contributed by atoms with van der Waals surface area (Å²) in [6.45, 7) is -0.162. The number of nitrogens with zero attached hydrogens (tertiary/aromatic N) is 1. The third kappa shape index (κ3) is 3.52. The monoisotopic (exact) mass is 293 g/mol. The van der Waals surface area contributed by atoms with Gasteiger partial charge in [-0.2, -0.15) is 18.4 Å². The van der Waals surface area contributed by atoms with Crippen molar-refractivity contribution in [2.45, 2.75) is 12.8 Å². The molecule has 0 radical (unpaired) electrons. The smallest absolute Gasteiger partial charge is 0.420 e. The van der Waals surface area contributed by atoms with Gasteiger partial charge in [0.25, 0.3) is 0 Å². The number of halogens is 3. The first-order valence-electron chi connectivity index (χ1n) is 5.93. The van der Waals surface area contributed by atoms with E-state index in [-0.39, 0.29) is 23.7 Å². The molecule has 0 saturated heterocycles. The number of benzene rings is 2. The van der Waals surface area contributed by atoms with Crippen LogP contribution in [0.15, 0.2) is 42.5 Å². The van der Waals surface area contributed by atoms with Crippen molar-refractivity contribution in [2.75, 3.05) is 0 Å². The van der Waals surface area contributed by atoms with Crippen LogP contribution in [0.25, 0.3) is 0 Å². The minimum absolute atomic E-state index is 0.0923. The molecular formula is C15H10F3NO2. The van der Waals surface area contributed by atoms with Crippen LogP contribution in [0.1, 0.15) is 16.7 Å². The Labute approximate surface area is 118 Å². The van der Waals surface area contributed by atoms with Crippen molar-refractivity contribution >= 4 is 0 Å². The molecule has 1 N–H and O–H groups in total. The molecule has 0 amide bonds. The zero-order valence-electron chi connectivity index (χ0n) is 10.7. The van der Waals surface area contributed by atoms with Crippen molar-refractivity contribution in [1.29, 1.82) is 5.26 Å². The lowest BCUT2D eigenvalue weighted by Crippen LogP contribution is -2.07. The number of aliphatic hydroxyl groups excluding tert-OH is 1. The first-order chi connectivity index (χ1) is 9.94. The van der Waals surface area contributed by atoms with Crippen LogP contribution in [0.5, 0.6) is 11.5 Å². The van der Waals surface area contributed by atoms with E-state index in [4.69, 9.17) is 15.1 Å². The Kier molecular flexibility index (Phi) is 4.15. The molecule has 21 heavy (non-hydrogen) atoms. The molecule has 0 aliphatic carbocycles. The molecule has 0 saturated carbocycles. The van der Waals surface area contributed by atoms with Gasteiger partial charge >= 0.3 is 6.18 Å². The highest BCUT2D eigenvalue weighted by Gasteiger charge is 2.35. The molecule has 2 aromatic rings. The maximum absolute atomic E-state index is 13.0. The summed E-state index contributed by atoms with van der Waals surface area (Å²) in [5.74, 6) is -0.166. The summed E-state index contributed by atoms with van der Waals surface area (Å²) in [4.78, 5) is 0. The topological polar surface area (TPSA) is 53.2 Å². The van der Waals surface area contributed by atoms with E-state index in [9.17, 15) is 13.2 Å². The van der Waals surface area contributed by atoms with E-state index < -0.39 is 11.7 Å². The Bertz CT molecular complexity index is 673. The molecule has 0 atom stereocenters. The molecule has 0 unspecified atom stereocenters. The second-order valence-corrected chi connectivity index (χ2v) is 4.22. The summed E-state index contributed by atoms with van der Waals surface area (Å²) >= 11 is 0. The fourth-order valence-electron chi connectivity index (χ4n) is 1.70. The van der Waals surface area contributed by atoms with Crippen LogP contribution in [0.3, 0.4) is 0 Å². The summed E-state index contributed by atoms with van der Waals surface area (Å²) < 4.78 is 44.1. The van der Waals surface area contributed by atoms with Crippen molar-refractivity contribution in [2.24, 2.45) is 0 Å². The van der Waals surface area contributed by atoms with Crippen molar-refractivity contribution in [1.82, 2.24) is 0 Å². The lowest BCUT2D eigenvalue weighted by atomic mass is 10.1. The molecule has 0 aliphatic rings. The van der Waals surface area contributed by atoms with Crippen LogP contribution in [0.4, 0.5) is 13.2 Å². The van der Waals surface area contributed by atoms with Crippen LogP contribution in [0.2, 0.25) is 0 Å². The van der Waals surface area contributed by atoms with Gasteiger partial charge < -0.3 is 9.84 Å². The van der Waals surface area contributed by atoms with Gasteiger partial charge in [-0.05, 0) is 35.9 Å². The second-order valence-electron chi connectivity index (χ2n) is 4.22. The van der Waals surface area contributed by atoms with Crippen LogP contribution in [-0.2, 0) is 12.8 Å². The minimum atomic E-state index is -4.62. The zero-order chi connectivity index (χ0) is 15.5. The molecular weight excluding hydrogens is 283 g/mol. The molecule has 0 fully saturated rings. The van der Waals surface area contributed by atoms with Gasteiger partial charge in [0, 0.05) is 0 Å². The highest BCUT2D eigenvalue weighted by molar-refractivity contribution is 5.45. The number of ether oxygens (including phenoxy) is 1. The van der Waals surface area contributed by atoms with Gasteiger partial charge in [0.2, 0.25) is 0 Å². The zero-order valence-corrected chi connectivity index (χ0v) is 10.7. The average molecular weight is 293 g/mol. The quantitative estimate of drug-likeness (QED) is 0.934. The number of aliphatic hydroxyl groups is 1. The molecule has 0 aliphatic heterocycles. The molecule has 0 heterocycles. The van der Waals surface area contributed by atoms with Crippen molar-refractivity contribution in [3.05, 3.63) is 59.2 Å². The van der Waals surface area contributed by atoms with E-state index in [0.717, 1.165) is 12.1 Å². The largest absolute Gasteiger partial charge is 0.457 e. The third-order valence-corrected chi connectivity index (χ3v) is 2.75. The number of alkyl halides is 3. The second kappa shape index (κ2) is 5.85. The van der Waals surface area contributed by atoms with Gasteiger partial charge in [-0.25, -0.2) is 0 Å². The van der Waals surface area contributed by atoms with E-state index in [2.05, 4.69) is 0 Å². The predicted octanol–water partition coefficient (Wildman–Crippen LogP) is 3.86. The summed E-state index contributed by atoms with van der Waals surface area (Å²) in [5, 5.41) is 17.6. The third-order valence-electron chi connectivity index (χ3n) is 2.75. The summed E-state index contributed by atoms with van der Waals surface area (Å²) in [6.07, 6.45) is -4.62. The van der Waals surface area contributed by atoms with E-state index in [1.54, 1.807) is 18.2 Å². The van der Waals surface area contributed by atoms with Gasteiger partial charge in [0.1, 0.15) is 11.5 Å². The van der Waals surface area contributed by atoms with E-state index in [1.807, 2.05) is 0 Å². The average Bonchev–Trinajstić information content (AvgIpc) is 2.47. The van der Waals surface area contributed by atoms with Crippen molar-refractivity contribution in [3.8, 4) is 17.6 Å². The Morgan fingerprint density at radius 3 is 2.29 bits per heavy atom. The normalized spacial score (nSPS) is 11.0. The lowest BCUT2D eigenvalue weighted by Gasteiger charge is -2.14. The molecule has 6 heteroatoms. The molecule has 2 aromatic carbocycles. The van der Waals surface area contributed by atoms with E-state index in [0.29, 0.717) is 5.56 Å². The lowest BCUT2D eigenvalue weighted by molar-refractivity contribution is -0.138. The molecule has 108 valence electrons. The Morgan fingerprint density at radius 1 is 1.10 bits per heavy atom. The first-order valence-corrected chi connectivity index (χ1v) is 5.93. The number of hydrogen-bond acceptors (Lipinski definition) is 3. The Morgan fingerprint density at radius 2 is 1.76 bits per heavy atom. The van der Waals surface area contributed by atoms with Gasteiger partial charge in [0.05, 0.1) is 23.8 Å².